The Bertz CT molecular complexity index is 288. The molecule has 0 aliphatic carbocycles. The van der Waals surface area contributed by atoms with E-state index < -0.39 is 11.9 Å². The normalized spacial score (nSPS) is 15.3. The van der Waals surface area contributed by atoms with E-state index in [9.17, 15) is 9.59 Å². The van der Waals surface area contributed by atoms with Crippen LogP contribution in [0.4, 0.5) is 0 Å². The smallest absolute Gasteiger partial charge is 0.381 e. The third kappa shape index (κ3) is 2.74. The minimum Gasteiger partial charge on any atom is -0.486 e. The molecule has 4 heteroatoms. The van der Waals surface area contributed by atoms with E-state index in [0.29, 0.717) is 13.0 Å². The second-order valence-electron chi connectivity index (χ2n) is 2.77. The molecular weight excluding hydrogens is 172 g/mol. The zero-order valence-electron chi connectivity index (χ0n) is 7.33. The first-order valence-electron chi connectivity index (χ1n) is 3.84. The summed E-state index contributed by atoms with van der Waals surface area (Å²) < 4.78 is 9.21. The summed E-state index contributed by atoms with van der Waals surface area (Å²) >= 11 is 0. The minimum atomic E-state index is -0.716. The highest BCUT2D eigenvalue weighted by Gasteiger charge is 2.24. The molecular formula is C9H10O4. The lowest BCUT2D eigenvalue weighted by molar-refractivity contribution is -0.152. The maximum Gasteiger partial charge on any atom is 0.381 e. The van der Waals surface area contributed by atoms with Gasteiger partial charge in [0.25, 0.3) is 0 Å². The van der Waals surface area contributed by atoms with Crippen LogP contribution in [0.25, 0.3) is 0 Å². The molecule has 70 valence electrons. The Morgan fingerprint density at radius 2 is 2.31 bits per heavy atom. The van der Waals surface area contributed by atoms with Crippen molar-refractivity contribution in [3.63, 3.8) is 0 Å². The highest BCUT2D eigenvalue weighted by molar-refractivity contribution is 6.07. The van der Waals surface area contributed by atoms with Gasteiger partial charge in [-0.2, -0.15) is 0 Å². The summed E-state index contributed by atoms with van der Waals surface area (Å²) in [5, 5.41) is 0. The van der Waals surface area contributed by atoms with Crippen molar-refractivity contribution in [2.75, 3.05) is 6.61 Å². The van der Waals surface area contributed by atoms with Gasteiger partial charge in [-0.25, -0.2) is 9.59 Å². The van der Waals surface area contributed by atoms with E-state index in [2.05, 4.69) is 11.3 Å². The molecule has 0 aromatic heterocycles. The Balaban J connectivity index is 2.37. The van der Waals surface area contributed by atoms with Crippen LogP contribution < -0.4 is 0 Å². The molecule has 0 amide bonds. The highest BCUT2D eigenvalue weighted by atomic mass is 16.6. The summed E-state index contributed by atoms with van der Waals surface area (Å²) in [4.78, 5) is 21.3. The number of carbonyl (C=O) groups excluding carboxylic acids is 2. The maximum absolute atomic E-state index is 10.8. The first-order valence-corrected chi connectivity index (χ1v) is 3.84. The predicted molar refractivity (Wildman–Crippen MR) is 44.6 cm³/mol. The third-order valence-electron chi connectivity index (χ3n) is 1.43. The number of carbonyl (C=O) groups is 2. The molecule has 0 unspecified atom stereocenters. The van der Waals surface area contributed by atoms with E-state index in [1.165, 1.54) is 0 Å². The van der Waals surface area contributed by atoms with E-state index in [1.807, 2.05) is 6.92 Å². The lowest BCUT2D eigenvalue weighted by Gasteiger charge is -2.02. The average Bonchev–Trinajstić information content (AvgIpc) is 2.29. The molecule has 0 fully saturated rings. The van der Waals surface area contributed by atoms with E-state index in [-0.39, 0.29) is 5.76 Å². The van der Waals surface area contributed by atoms with Crippen LogP contribution in [-0.2, 0) is 19.1 Å². The van der Waals surface area contributed by atoms with Crippen LogP contribution in [0.5, 0.6) is 0 Å². The molecule has 0 aromatic rings. The van der Waals surface area contributed by atoms with Gasteiger partial charge in [0.05, 0.1) is 12.7 Å². The number of cyclic esters (lactones) is 2. The van der Waals surface area contributed by atoms with E-state index in [0.717, 1.165) is 11.6 Å². The SMILES string of the molecule is C=C(C)CCOC1=CC(=O)OC1=O. The molecule has 0 atom stereocenters. The van der Waals surface area contributed by atoms with E-state index in [1.54, 1.807) is 0 Å². The van der Waals surface area contributed by atoms with Gasteiger partial charge in [0.15, 0.2) is 0 Å². The minimum absolute atomic E-state index is 0.0220. The largest absolute Gasteiger partial charge is 0.486 e. The first-order chi connectivity index (χ1) is 6.09. The highest BCUT2D eigenvalue weighted by Crippen LogP contribution is 2.10. The Morgan fingerprint density at radius 3 is 2.77 bits per heavy atom. The molecule has 0 spiro atoms. The molecule has 1 aliphatic rings. The first kappa shape index (κ1) is 9.51. The second kappa shape index (κ2) is 3.89. The van der Waals surface area contributed by atoms with Gasteiger partial charge in [-0.3, -0.25) is 0 Å². The molecule has 0 saturated heterocycles. The molecule has 0 aromatic carbocycles. The maximum atomic E-state index is 10.8. The zero-order valence-corrected chi connectivity index (χ0v) is 7.33. The number of hydrogen-bond donors (Lipinski definition) is 0. The summed E-state index contributed by atoms with van der Waals surface area (Å²) in [6.07, 6.45) is 1.69. The van der Waals surface area contributed by atoms with Crippen LogP contribution in [0.2, 0.25) is 0 Å². The molecule has 0 saturated carbocycles. The molecule has 13 heavy (non-hydrogen) atoms. The Kier molecular flexibility index (Phi) is 2.84. The van der Waals surface area contributed by atoms with E-state index in [4.69, 9.17) is 4.74 Å². The van der Waals surface area contributed by atoms with Gasteiger partial charge < -0.3 is 9.47 Å². The lowest BCUT2D eigenvalue weighted by atomic mass is 10.3. The van der Waals surface area contributed by atoms with Gasteiger partial charge >= 0.3 is 11.9 Å². The van der Waals surface area contributed by atoms with Crippen LogP contribution in [0.3, 0.4) is 0 Å². The number of ether oxygens (including phenoxy) is 2. The van der Waals surface area contributed by atoms with Crippen LogP contribution in [0, 0.1) is 0 Å². The quantitative estimate of drug-likeness (QED) is 0.369. The lowest BCUT2D eigenvalue weighted by Crippen LogP contribution is -2.05. The molecule has 0 N–H and O–H groups in total. The van der Waals surface area contributed by atoms with Crippen molar-refractivity contribution in [2.45, 2.75) is 13.3 Å². The number of esters is 2. The summed E-state index contributed by atoms with van der Waals surface area (Å²) in [5.41, 5.74) is 0.957. The fourth-order valence-electron chi connectivity index (χ4n) is 0.773. The van der Waals surface area contributed by atoms with Crippen molar-refractivity contribution in [1.82, 2.24) is 0 Å². The summed E-state index contributed by atoms with van der Waals surface area (Å²) in [7, 11) is 0. The van der Waals surface area contributed by atoms with Crippen molar-refractivity contribution in [1.29, 1.82) is 0 Å². The van der Waals surface area contributed by atoms with Gasteiger partial charge in [-0.05, 0) is 6.92 Å². The molecule has 0 bridgehead atoms. The standard InChI is InChI=1S/C9H10O4/c1-6(2)3-4-12-7-5-8(10)13-9(7)11/h5H,1,3-4H2,2H3. The number of rotatable bonds is 4. The van der Waals surface area contributed by atoms with Crippen LogP contribution in [0.15, 0.2) is 24.0 Å². The summed E-state index contributed by atoms with van der Waals surface area (Å²) in [5.74, 6) is -1.41. The third-order valence-corrected chi connectivity index (χ3v) is 1.43. The zero-order chi connectivity index (χ0) is 9.84. The van der Waals surface area contributed by atoms with Crippen LogP contribution in [-0.4, -0.2) is 18.5 Å². The monoisotopic (exact) mass is 182 g/mol. The molecule has 1 heterocycles. The fraction of sp³-hybridized carbons (Fsp3) is 0.333. The molecule has 1 aliphatic heterocycles. The Morgan fingerprint density at radius 1 is 1.62 bits per heavy atom. The molecule has 1 rings (SSSR count). The fourth-order valence-corrected chi connectivity index (χ4v) is 0.773. The van der Waals surface area contributed by atoms with Gasteiger partial charge in [0.1, 0.15) is 0 Å². The van der Waals surface area contributed by atoms with Gasteiger partial charge in [0.2, 0.25) is 5.76 Å². The number of hydrogen-bond acceptors (Lipinski definition) is 4. The second-order valence-corrected chi connectivity index (χ2v) is 2.77. The Labute approximate surface area is 75.8 Å². The van der Waals surface area contributed by atoms with Gasteiger partial charge in [-0.1, -0.05) is 5.57 Å². The van der Waals surface area contributed by atoms with Gasteiger partial charge in [-0.15, -0.1) is 6.58 Å². The summed E-state index contributed by atoms with van der Waals surface area (Å²) in [6, 6.07) is 0. The van der Waals surface area contributed by atoms with Crippen molar-refractivity contribution < 1.29 is 19.1 Å². The van der Waals surface area contributed by atoms with Crippen LogP contribution in [0.1, 0.15) is 13.3 Å². The molecule has 0 radical (unpaired) electrons. The van der Waals surface area contributed by atoms with Crippen LogP contribution >= 0.6 is 0 Å². The van der Waals surface area contributed by atoms with Crippen molar-refractivity contribution in [2.24, 2.45) is 0 Å². The van der Waals surface area contributed by atoms with Crippen molar-refractivity contribution >= 4 is 11.9 Å². The Hall–Kier alpha value is -1.58. The van der Waals surface area contributed by atoms with Crippen molar-refractivity contribution in [3.8, 4) is 0 Å². The topological polar surface area (TPSA) is 52.6 Å². The average molecular weight is 182 g/mol. The van der Waals surface area contributed by atoms with E-state index >= 15 is 0 Å². The molecule has 4 nitrogen and oxygen atoms in total. The van der Waals surface area contributed by atoms with Crippen molar-refractivity contribution in [3.05, 3.63) is 24.0 Å². The predicted octanol–water partition coefficient (Wildman–Crippen LogP) is 0.936. The van der Waals surface area contributed by atoms with Gasteiger partial charge in [0, 0.05) is 6.42 Å². The summed E-state index contributed by atoms with van der Waals surface area (Å²) in [6.45, 7) is 5.86.